The highest BCUT2D eigenvalue weighted by atomic mass is 79.9. The number of benzene rings is 1. The van der Waals surface area contributed by atoms with Crippen LogP contribution >= 0.6 is 27.3 Å². The van der Waals surface area contributed by atoms with Gasteiger partial charge in [-0.25, -0.2) is 8.78 Å². The van der Waals surface area contributed by atoms with Crippen molar-refractivity contribution in [2.24, 2.45) is 0 Å². The lowest BCUT2D eigenvalue weighted by Crippen LogP contribution is -1.95. The quantitative estimate of drug-likeness (QED) is 0.674. The molecule has 0 N–H and O–H groups in total. The van der Waals surface area contributed by atoms with E-state index in [9.17, 15) is 8.78 Å². The Balaban J connectivity index is 2.39. The van der Waals surface area contributed by atoms with Crippen LogP contribution in [0.2, 0.25) is 0 Å². The Morgan fingerprint density at radius 1 is 1.18 bits per heavy atom. The van der Waals surface area contributed by atoms with Gasteiger partial charge in [0.25, 0.3) is 0 Å². The summed E-state index contributed by atoms with van der Waals surface area (Å²) >= 11 is 5.09. The molecule has 1 aromatic carbocycles. The molecule has 0 amide bonds. The Morgan fingerprint density at radius 2 is 1.88 bits per heavy atom. The van der Waals surface area contributed by atoms with Crippen molar-refractivity contribution in [1.29, 1.82) is 0 Å². The topological polar surface area (TPSA) is 0 Å². The second kappa shape index (κ2) is 4.86. The summed E-state index contributed by atoms with van der Waals surface area (Å²) in [6.45, 7) is 4.06. The summed E-state index contributed by atoms with van der Waals surface area (Å²) in [5.41, 5.74) is 1.66. The van der Waals surface area contributed by atoms with E-state index < -0.39 is 11.6 Å². The summed E-state index contributed by atoms with van der Waals surface area (Å²) in [4.78, 5) is 2.03. The maximum Gasteiger partial charge on any atom is 0.130 e. The normalized spacial score (nSPS) is 12.8. The number of hydrogen-bond acceptors (Lipinski definition) is 1. The summed E-state index contributed by atoms with van der Waals surface area (Å²) in [5, 5.41) is 0. The fourth-order valence-electron chi connectivity index (χ4n) is 1.59. The second-order valence-electron chi connectivity index (χ2n) is 3.92. The van der Waals surface area contributed by atoms with E-state index in [4.69, 9.17) is 0 Å². The van der Waals surface area contributed by atoms with Gasteiger partial charge in [-0.15, -0.1) is 11.3 Å². The molecular weight excluding hydrogens is 306 g/mol. The van der Waals surface area contributed by atoms with Gasteiger partial charge < -0.3 is 0 Å². The van der Waals surface area contributed by atoms with Crippen molar-refractivity contribution < 1.29 is 8.78 Å². The number of alkyl halides is 1. The van der Waals surface area contributed by atoms with Crippen LogP contribution in [0.1, 0.15) is 25.7 Å². The van der Waals surface area contributed by atoms with E-state index in [0.29, 0.717) is 5.56 Å². The highest BCUT2D eigenvalue weighted by Gasteiger charge is 2.17. The lowest BCUT2D eigenvalue weighted by Gasteiger charge is -2.09. The minimum absolute atomic E-state index is 0.222. The molecule has 0 aliphatic rings. The van der Waals surface area contributed by atoms with Crippen LogP contribution in [0.3, 0.4) is 0 Å². The SMILES string of the molecule is Cc1cc(C(Br)c2ccc(F)cc2F)sc1C. The molecule has 4 heteroatoms. The van der Waals surface area contributed by atoms with Gasteiger partial charge in [0.2, 0.25) is 0 Å². The van der Waals surface area contributed by atoms with E-state index >= 15 is 0 Å². The van der Waals surface area contributed by atoms with Gasteiger partial charge in [-0.05, 0) is 31.5 Å². The molecule has 2 rings (SSSR count). The Kier molecular flexibility index (Phi) is 3.64. The summed E-state index contributed by atoms with van der Waals surface area (Å²) in [7, 11) is 0. The Hall–Kier alpha value is -0.740. The first-order valence-electron chi connectivity index (χ1n) is 5.15. The zero-order valence-electron chi connectivity index (χ0n) is 9.43. The third kappa shape index (κ3) is 2.58. The van der Waals surface area contributed by atoms with E-state index in [-0.39, 0.29) is 4.83 Å². The number of halogens is 3. The van der Waals surface area contributed by atoms with E-state index in [1.54, 1.807) is 11.3 Å². The van der Waals surface area contributed by atoms with Gasteiger partial charge >= 0.3 is 0 Å². The van der Waals surface area contributed by atoms with Gasteiger partial charge in [0.05, 0.1) is 4.83 Å². The minimum atomic E-state index is -0.551. The molecule has 1 aromatic heterocycles. The molecule has 1 unspecified atom stereocenters. The monoisotopic (exact) mass is 316 g/mol. The molecule has 0 radical (unpaired) electrons. The van der Waals surface area contributed by atoms with Crippen molar-refractivity contribution in [3.63, 3.8) is 0 Å². The first-order chi connectivity index (χ1) is 7.99. The molecule has 0 saturated carbocycles. The fourth-order valence-corrected chi connectivity index (χ4v) is 3.41. The molecule has 90 valence electrons. The van der Waals surface area contributed by atoms with Crippen LogP contribution in [0.25, 0.3) is 0 Å². The number of rotatable bonds is 2. The van der Waals surface area contributed by atoms with Crippen LogP contribution in [-0.2, 0) is 0 Å². The lowest BCUT2D eigenvalue weighted by atomic mass is 10.1. The van der Waals surface area contributed by atoms with Gasteiger partial charge in [0, 0.05) is 21.4 Å². The predicted molar refractivity (Wildman–Crippen MR) is 70.9 cm³/mol. The van der Waals surface area contributed by atoms with Gasteiger partial charge in [-0.2, -0.15) is 0 Å². The summed E-state index contributed by atoms with van der Waals surface area (Å²) < 4.78 is 26.5. The molecule has 0 bridgehead atoms. The van der Waals surface area contributed by atoms with Crippen molar-refractivity contribution in [3.8, 4) is 0 Å². The maximum absolute atomic E-state index is 13.6. The van der Waals surface area contributed by atoms with Crippen LogP contribution in [0.15, 0.2) is 24.3 Å². The van der Waals surface area contributed by atoms with Gasteiger partial charge in [0.1, 0.15) is 11.6 Å². The molecule has 0 aliphatic heterocycles. The van der Waals surface area contributed by atoms with Crippen molar-refractivity contribution in [2.45, 2.75) is 18.7 Å². The third-order valence-electron chi connectivity index (χ3n) is 2.67. The molecule has 1 atom stereocenters. The Labute approximate surface area is 111 Å². The molecule has 2 aromatic rings. The fraction of sp³-hybridized carbons (Fsp3) is 0.231. The van der Waals surface area contributed by atoms with Crippen LogP contribution in [0.4, 0.5) is 8.78 Å². The van der Waals surface area contributed by atoms with E-state index in [2.05, 4.69) is 15.9 Å². The lowest BCUT2D eigenvalue weighted by molar-refractivity contribution is 0.574. The molecular formula is C13H11BrF2S. The number of aryl methyl sites for hydroxylation is 2. The number of hydrogen-bond donors (Lipinski definition) is 0. The number of thiophene rings is 1. The Bertz CT molecular complexity index is 529. The van der Waals surface area contributed by atoms with E-state index in [1.165, 1.54) is 22.6 Å². The van der Waals surface area contributed by atoms with Gasteiger partial charge in [0.15, 0.2) is 0 Å². The van der Waals surface area contributed by atoms with E-state index in [1.807, 2.05) is 19.9 Å². The zero-order chi connectivity index (χ0) is 12.6. The summed E-state index contributed by atoms with van der Waals surface area (Å²) in [6.07, 6.45) is 0. The molecule has 0 nitrogen and oxygen atoms in total. The highest BCUT2D eigenvalue weighted by molar-refractivity contribution is 9.09. The predicted octanol–water partition coefficient (Wildman–Crippen LogP) is 5.13. The maximum atomic E-state index is 13.6. The standard InChI is InChI=1S/C13H11BrF2S/c1-7-5-12(17-8(7)2)13(14)10-4-3-9(15)6-11(10)16/h3-6,13H,1-2H3. The molecule has 17 heavy (non-hydrogen) atoms. The second-order valence-corrected chi connectivity index (χ2v) is 6.12. The van der Waals surface area contributed by atoms with Crippen molar-refractivity contribution in [1.82, 2.24) is 0 Å². The van der Waals surface area contributed by atoms with Crippen LogP contribution in [-0.4, -0.2) is 0 Å². The van der Waals surface area contributed by atoms with Gasteiger partial charge in [-0.1, -0.05) is 22.0 Å². The summed E-state index contributed by atoms with van der Waals surface area (Å²) in [6, 6.07) is 5.70. The van der Waals surface area contributed by atoms with Gasteiger partial charge in [-0.3, -0.25) is 0 Å². The zero-order valence-corrected chi connectivity index (χ0v) is 11.8. The van der Waals surface area contributed by atoms with Crippen molar-refractivity contribution in [3.05, 3.63) is 56.8 Å². The first kappa shape index (κ1) is 12.7. The van der Waals surface area contributed by atoms with Crippen LogP contribution < -0.4 is 0 Å². The molecule has 1 heterocycles. The smallest absolute Gasteiger partial charge is 0.130 e. The average molecular weight is 317 g/mol. The first-order valence-corrected chi connectivity index (χ1v) is 6.88. The molecule has 0 fully saturated rings. The molecule has 0 spiro atoms. The van der Waals surface area contributed by atoms with E-state index in [0.717, 1.165) is 10.9 Å². The molecule has 0 aliphatic carbocycles. The van der Waals surface area contributed by atoms with Crippen molar-refractivity contribution >= 4 is 27.3 Å². The van der Waals surface area contributed by atoms with Crippen LogP contribution in [0, 0.1) is 25.5 Å². The largest absolute Gasteiger partial charge is 0.207 e. The highest BCUT2D eigenvalue weighted by Crippen LogP contribution is 2.37. The van der Waals surface area contributed by atoms with Crippen molar-refractivity contribution in [2.75, 3.05) is 0 Å². The van der Waals surface area contributed by atoms with Crippen LogP contribution in [0.5, 0.6) is 0 Å². The molecule has 0 saturated heterocycles. The Morgan fingerprint density at radius 3 is 2.41 bits per heavy atom. The third-order valence-corrected chi connectivity index (χ3v) is 5.18. The average Bonchev–Trinajstić information content (AvgIpc) is 2.58. The minimum Gasteiger partial charge on any atom is -0.207 e. The summed E-state index contributed by atoms with van der Waals surface area (Å²) in [5.74, 6) is -1.07.